The predicted molar refractivity (Wildman–Crippen MR) is 84.1 cm³/mol. The van der Waals surface area contributed by atoms with Crippen molar-refractivity contribution in [2.45, 2.75) is 30.4 Å². The highest BCUT2D eigenvalue weighted by atomic mass is 79.9. The number of nitrogen functional groups attached to an aromatic ring is 1. The van der Waals surface area contributed by atoms with Crippen LogP contribution >= 0.6 is 27.7 Å². The Kier molecular flexibility index (Phi) is 5.37. The lowest BCUT2D eigenvalue weighted by molar-refractivity contribution is 0.624. The zero-order chi connectivity index (χ0) is 14.5. The lowest BCUT2D eigenvalue weighted by Gasteiger charge is -2.08. The monoisotopic (exact) mass is 355 g/mol. The van der Waals surface area contributed by atoms with Crippen LogP contribution in [0.1, 0.15) is 24.9 Å². The van der Waals surface area contributed by atoms with Gasteiger partial charge in [-0.3, -0.25) is 0 Å². The molecule has 0 unspecified atom stereocenters. The topological polar surface area (TPSA) is 51.8 Å². The number of nitrogens with zero attached hydrogens (tertiary/aromatic N) is 2. The van der Waals surface area contributed by atoms with Crippen LogP contribution in [0.3, 0.4) is 0 Å². The molecule has 0 spiro atoms. The molecule has 0 aliphatic carbocycles. The zero-order valence-electron chi connectivity index (χ0n) is 11.1. The minimum Gasteiger partial charge on any atom is -0.383 e. The van der Waals surface area contributed by atoms with Gasteiger partial charge in [0.15, 0.2) is 0 Å². The van der Waals surface area contributed by atoms with E-state index in [0.29, 0.717) is 17.4 Å². The minimum absolute atomic E-state index is 0.238. The van der Waals surface area contributed by atoms with Crippen molar-refractivity contribution in [3.63, 3.8) is 0 Å². The molecule has 1 aromatic carbocycles. The van der Waals surface area contributed by atoms with Gasteiger partial charge in [-0.2, -0.15) is 0 Å². The van der Waals surface area contributed by atoms with E-state index in [9.17, 15) is 4.39 Å². The Labute approximate surface area is 130 Å². The predicted octanol–water partition coefficient (Wildman–Crippen LogP) is 4.21. The van der Waals surface area contributed by atoms with Gasteiger partial charge in [0.05, 0.1) is 15.9 Å². The Balaban J connectivity index is 2.13. The van der Waals surface area contributed by atoms with E-state index in [1.807, 2.05) is 6.07 Å². The molecular weight excluding hydrogens is 341 g/mol. The largest absolute Gasteiger partial charge is 0.383 e. The lowest BCUT2D eigenvalue weighted by atomic mass is 10.2. The number of benzene rings is 1. The number of halogens is 2. The van der Waals surface area contributed by atoms with Crippen molar-refractivity contribution in [3.05, 3.63) is 46.1 Å². The first kappa shape index (κ1) is 15.3. The summed E-state index contributed by atoms with van der Waals surface area (Å²) in [5.74, 6) is 1.46. The number of aromatic nitrogens is 2. The van der Waals surface area contributed by atoms with E-state index in [1.165, 1.54) is 23.9 Å². The third kappa shape index (κ3) is 3.93. The molecule has 3 nitrogen and oxygen atoms in total. The summed E-state index contributed by atoms with van der Waals surface area (Å²) in [4.78, 5) is 9.62. The lowest BCUT2D eigenvalue weighted by Crippen LogP contribution is -2.04. The Morgan fingerprint density at radius 3 is 2.85 bits per heavy atom. The highest BCUT2D eigenvalue weighted by molar-refractivity contribution is 9.10. The number of hydrogen-bond donors (Lipinski definition) is 1. The molecule has 2 aromatic rings. The Hall–Kier alpha value is -1.14. The van der Waals surface area contributed by atoms with Gasteiger partial charge in [-0.05, 0) is 40.5 Å². The molecule has 20 heavy (non-hydrogen) atoms. The van der Waals surface area contributed by atoms with E-state index in [2.05, 4.69) is 32.8 Å². The van der Waals surface area contributed by atoms with E-state index in [0.717, 1.165) is 27.9 Å². The van der Waals surface area contributed by atoms with Gasteiger partial charge >= 0.3 is 0 Å². The van der Waals surface area contributed by atoms with Crippen molar-refractivity contribution in [1.82, 2.24) is 9.97 Å². The van der Waals surface area contributed by atoms with Crippen molar-refractivity contribution < 1.29 is 4.39 Å². The number of aryl methyl sites for hydroxylation is 1. The zero-order valence-corrected chi connectivity index (χ0v) is 13.5. The van der Waals surface area contributed by atoms with Gasteiger partial charge in [0.2, 0.25) is 0 Å². The molecule has 0 bridgehead atoms. The second kappa shape index (κ2) is 7.04. The third-order valence-electron chi connectivity index (χ3n) is 2.64. The SMILES string of the molecule is CCCc1nc(CSc2cccc(F)c2)nc(N)c1Br. The molecule has 0 saturated carbocycles. The van der Waals surface area contributed by atoms with E-state index >= 15 is 0 Å². The van der Waals surface area contributed by atoms with Crippen LogP contribution in [0, 0.1) is 5.82 Å². The maximum absolute atomic E-state index is 13.1. The highest BCUT2D eigenvalue weighted by Crippen LogP contribution is 2.26. The van der Waals surface area contributed by atoms with Crippen LogP contribution < -0.4 is 5.73 Å². The summed E-state index contributed by atoms with van der Waals surface area (Å²) in [6.45, 7) is 2.09. The number of hydrogen-bond acceptors (Lipinski definition) is 4. The van der Waals surface area contributed by atoms with E-state index in [1.54, 1.807) is 6.07 Å². The smallest absolute Gasteiger partial charge is 0.141 e. The fourth-order valence-corrected chi connectivity index (χ4v) is 2.91. The second-order valence-electron chi connectivity index (χ2n) is 4.28. The van der Waals surface area contributed by atoms with Crippen LogP contribution in [0.5, 0.6) is 0 Å². The van der Waals surface area contributed by atoms with Crippen molar-refractivity contribution in [2.24, 2.45) is 0 Å². The van der Waals surface area contributed by atoms with Crippen LogP contribution in [0.2, 0.25) is 0 Å². The van der Waals surface area contributed by atoms with Crippen LogP contribution in [-0.2, 0) is 12.2 Å². The van der Waals surface area contributed by atoms with E-state index < -0.39 is 0 Å². The summed E-state index contributed by atoms with van der Waals surface area (Å²) in [6, 6.07) is 6.48. The molecule has 0 atom stereocenters. The molecule has 0 aliphatic heterocycles. The van der Waals surface area contributed by atoms with Crippen LogP contribution in [0.25, 0.3) is 0 Å². The summed E-state index contributed by atoms with van der Waals surface area (Å²) in [5.41, 5.74) is 6.80. The Bertz CT molecular complexity index is 607. The van der Waals surface area contributed by atoms with Crippen molar-refractivity contribution in [1.29, 1.82) is 0 Å². The first-order chi connectivity index (χ1) is 9.60. The van der Waals surface area contributed by atoms with Crippen LogP contribution in [-0.4, -0.2) is 9.97 Å². The molecule has 106 valence electrons. The van der Waals surface area contributed by atoms with Gasteiger partial charge in [-0.15, -0.1) is 11.8 Å². The minimum atomic E-state index is -0.238. The summed E-state index contributed by atoms with van der Waals surface area (Å²) in [7, 11) is 0. The van der Waals surface area contributed by atoms with Gasteiger partial charge in [0.25, 0.3) is 0 Å². The fraction of sp³-hybridized carbons (Fsp3) is 0.286. The molecule has 1 aromatic heterocycles. The van der Waals surface area contributed by atoms with Crippen LogP contribution in [0.15, 0.2) is 33.6 Å². The Morgan fingerprint density at radius 1 is 1.35 bits per heavy atom. The van der Waals surface area contributed by atoms with Gasteiger partial charge in [-0.1, -0.05) is 19.4 Å². The number of rotatable bonds is 5. The van der Waals surface area contributed by atoms with Crippen molar-refractivity contribution >= 4 is 33.5 Å². The normalized spacial score (nSPS) is 10.8. The summed E-state index contributed by atoms with van der Waals surface area (Å²) in [6.07, 6.45) is 1.84. The van der Waals surface area contributed by atoms with Gasteiger partial charge in [0, 0.05) is 4.90 Å². The van der Waals surface area contributed by atoms with Gasteiger partial charge in [0.1, 0.15) is 17.5 Å². The summed E-state index contributed by atoms with van der Waals surface area (Å²) < 4.78 is 13.9. The van der Waals surface area contributed by atoms with E-state index in [-0.39, 0.29) is 5.82 Å². The molecule has 2 N–H and O–H groups in total. The molecule has 2 rings (SSSR count). The third-order valence-corrected chi connectivity index (χ3v) is 4.50. The molecule has 0 aliphatic rings. The summed E-state index contributed by atoms with van der Waals surface area (Å²) >= 11 is 4.91. The number of anilines is 1. The molecular formula is C14H15BrFN3S. The first-order valence-electron chi connectivity index (χ1n) is 6.29. The molecule has 1 heterocycles. The average molecular weight is 356 g/mol. The van der Waals surface area contributed by atoms with Crippen molar-refractivity contribution in [3.8, 4) is 0 Å². The van der Waals surface area contributed by atoms with Gasteiger partial charge in [-0.25, -0.2) is 14.4 Å². The quantitative estimate of drug-likeness (QED) is 0.816. The standard InChI is InChI=1S/C14H15BrFN3S/c1-2-4-11-13(15)14(17)19-12(18-11)8-20-10-6-3-5-9(16)7-10/h3,5-7H,2,4,8H2,1H3,(H2,17,18,19). The average Bonchev–Trinajstić information content (AvgIpc) is 2.42. The number of nitrogens with two attached hydrogens (primary N) is 1. The first-order valence-corrected chi connectivity index (χ1v) is 8.07. The molecule has 0 amide bonds. The second-order valence-corrected chi connectivity index (χ2v) is 6.12. The fourth-order valence-electron chi connectivity index (χ4n) is 1.74. The molecule has 0 radical (unpaired) electrons. The maximum Gasteiger partial charge on any atom is 0.141 e. The molecule has 0 fully saturated rings. The van der Waals surface area contributed by atoms with Crippen LogP contribution in [0.4, 0.5) is 10.2 Å². The summed E-state index contributed by atoms with van der Waals surface area (Å²) in [5, 5.41) is 0. The number of thioether (sulfide) groups is 1. The Morgan fingerprint density at radius 2 is 2.15 bits per heavy atom. The highest BCUT2D eigenvalue weighted by Gasteiger charge is 2.10. The molecule has 6 heteroatoms. The van der Waals surface area contributed by atoms with Crippen molar-refractivity contribution in [2.75, 3.05) is 5.73 Å². The van der Waals surface area contributed by atoms with Gasteiger partial charge < -0.3 is 5.73 Å². The maximum atomic E-state index is 13.1. The molecule has 0 saturated heterocycles. The van der Waals surface area contributed by atoms with E-state index in [4.69, 9.17) is 5.73 Å².